The number of hydrogen-bond donors (Lipinski definition) is 1. The van der Waals surface area contributed by atoms with E-state index in [4.69, 9.17) is 4.74 Å². The number of nitrogens with one attached hydrogen (secondary N) is 1. The van der Waals surface area contributed by atoms with Crippen LogP contribution < -0.4 is 10.1 Å². The first-order valence-corrected chi connectivity index (χ1v) is 10.7. The molecule has 168 valence electrons. The van der Waals surface area contributed by atoms with Gasteiger partial charge in [0, 0.05) is 13.1 Å². The van der Waals surface area contributed by atoms with Crippen LogP contribution in [0.2, 0.25) is 0 Å². The van der Waals surface area contributed by atoms with E-state index >= 15 is 0 Å². The molecule has 0 fully saturated rings. The Kier molecular flexibility index (Phi) is 8.60. The molecule has 0 unspecified atom stereocenters. The predicted molar refractivity (Wildman–Crippen MR) is 120 cm³/mol. The molecule has 0 bridgehead atoms. The number of carbonyl (C=O) groups is 2. The van der Waals surface area contributed by atoms with Gasteiger partial charge < -0.3 is 15.0 Å². The van der Waals surface area contributed by atoms with E-state index in [0.717, 1.165) is 5.56 Å². The molecule has 0 heterocycles. The average molecular weight is 429 g/mol. The molecule has 0 spiro atoms. The largest absolute Gasteiger partial charge is 0.484 e. The second-order valence-corrected chi connectivity index (χ2v) is 8.53. The summed E-state index contributed by atoms with van der Waals surface area (Å²) in [6, 6.07) is 13.0. The van der Waals surface area contributed by atoms with Crippen LogP contribution in [0.3, 0.4) is 0 Å². The lowest BCUT2D eigenvalue weighted by Gasteiger charge is -2.30. The molecule has 0 radical (unpaired) electrons. The summed E-state index contributed by atoms with van der Waals surface area (Å²) >= 11 is 0. The Morgan fingerprint density at radius 3 is 2.16 bits per heavy atom. The highest BCUT2D eigenvalue weighted by Gasteiger charge is 2.28. The molecule has 31 heavy (non-hydrogen) atoms. The number of benzene rings is 2. The van der Waals surface area contributed by atoms with E-state index in [9.17, 15) is 14.0 Å². The highest BCUT2D eigenvalue weighted by atomic mass is 19.1. The zero-order chi connectivity index (χ0) is 23.0. The van der Waals surface area contributed by atoms with Crippen molar-refractivity contribution in [2.45, 2.75) is 59.0 Å². The molecule has 5 nitrogen and oxygen atoms in total. The lowest BCUT2D eigenvalue weighted by Crippen LogP contribution is -2.50. The minimum Gasteiger partial charge on any atom is -0.484 e. The summed E-state index contributed by atoms with van der Waals surface area (Å²) in [5.41, 5.74) is 1.94. The van der Waals surface area contributed by atoms with Gasteiger partial charge in [0.25, 0.3) is 5.91 Å². The van der Waals surface area contributed by atoms with E-state index in [0.29, 0.717) is 18.7 Å². The molecule has 2 rings (SSSR count). The summed E-state index contributed by atoms with van der Waals surface area (Å²) in [5.74, 6) is -0.272. The van der Waals surface area contributed by atoms with E-state index < -0.39 is 6.04 Å². The van der Waals surface area contributed by atoms with Crippen molar-refractivity contribution in [3.05, 3.63) is 65.5 Å². The van der Waals surface area contributed by atoms with Crippen LogP contribution in [-0.4, -0.2) is 35.9 Å². The monoisotopic (exact) mass is 428 g/mol. The molecule has 2 aromatic carbocycles. The molecular weight excluding hydrogens is 395 g/mol. The number of hydrogen-bond acceptors (Lipinski definition) is 3. The maximum absolute atomic E-state index is 13.3. The second-order valence-electron chi connectivity index (χ2n) is 8.53. The number of carbonyl (C=O) groups excluding carboxylic acids is 2. The molecule has 1 atom stereocenters. The zero-order valence-electron chi connectivity index (χ0n) is 19.1. The van der Waals surface area contributed by atoms with Crippen molar-refractivity contribution >= 4 is 11.8 Å². The Labute approximate surface area is 184 Å². The summed E-state index contributed by atoms with van der Waals surface area (Å²) < 4.78 is 19.0. The molecular formula is C25H33FN2O3. The van der Waals surface area contributed by atoms with Gasteiger partial charge in [-0.3, -0.25) is 9.59 Å². The van der Waals surface area contributed by atoms with Crippen LogP contribution in [0.1, 0.15) is 52.2 Å². The maximum atomic E-state index is 13.3. The molecule has 0 aliphatic heterocycles. The first-order chi connectivity index (χ1) is 14.7. The lowest BCUT2D eigenvalue weighted by atomic mass is 9.87. The average Bonchev–Trinajstić information content (AvgIpc) is 2.73. The predicted octanol–water partition coefficient (Wildman–Crippen LogP) is 4.45. The van der Waals surface area contributed by atoms with Crippen LogP contribution >= 0.6 is 0 Å². The van der Waals surface area contributed by atoms with Crippen molar-refractivity contribution in [1.29, 1.82) is 0 Å². The Morgan fingerprint density at radius 2 is 1.65 bits per heavy atom. The molecule has 0 saturated carbocycles. The number of rotatable bonds is 9. The van der Waals surface area contributed by atoms with E-state index in [2.05, 4.69) is 26.1 Å². The van der Waals surface area contributed by atoms with Crippen LogP contribution in [-0.2, 0) is 21.5 Å². The zero-order valence-corrected chi connectivity index (χ0v) is 19.1. The molecule has 6 heteroatoms. The SMILES string of the molecule is CCNC(=O)[C@H](CC)N(Cc1ccc(F)cc1)C(=O)COc1ccc(C(C)(C)C)cc1. The number of halogens is 1. The fraction of sp³-hybridized carbons (Fsp3) is 0.440. The van der Waals surface area contributed by atoms with Gasteiger partial charge in [0.15, 0.2) is 6.61 Å². The molecule has 2 aromatic rings. The third-order valence-corrected chi connectivity index (χ3v) is 5.09. The molecule has 0 aliphatic rings. The van der Waals surface area contributed by atoms with Crippen molar-refractivity contribution < 1.29 is 18.7 Å². The summed E-state index contributed by atoms with van der Waals surface area (Å²) in [6.45, 7) is 10.6. The Bertz CT molecular complexity index is 858. The van der Waals surface area contributed by atoms with Gasteiger partial charge >= 0.3 is 0 Å². The standard InChI is InChI=1S/C25H33FN2O3/c1-6-22(24(30)27-7-2)28(16-18-8-12-20(26)13-9-18)23(29)17-31-21-14-10-19(11-15-21)25(3,4)5/h8-15,22H,6-7,16-17H2,1-5H3,(H,27,30)/t22-/m0/s1. The molecule has 0 saturated heterocycles. The second kappa shape index (κ2) is 10.9. The third kappa shape index (κ3) is 7.09. The minimum atomic E-state index is -0.635. The number of ether oxygens (including phenoxy) is 1. The molecule has 1 N–H and O–H groups in total. The first-order valence-electron chi connectivity index (χ1n) is 10.7. The van der Waals surface area contributed by atoms with Gasteiger partial charge in [-0.25, -0.2) is 4.39 Å². The Hall–Kier alpha value is -2.89. The lowest BCUT2D eigenvalue weighted by molar-refractivity contribution is -0.142. The fourth-order valence-corrected chi connectivity index (χ4v) is 3.28. The smallest absolute Gasteiger partial charge is 0.261 e. The number of nitrogens with zero attached hydrogens (tertiary/aromatic N) is 1. The first kappa shape index (κ1) is 24.4. The van der Waals surface area contributed by atoms with E-state index in [-0.39, 0.29) is 36.2 Å². The Balaban J connectivity index is 2.16. The minimum absolute atomic E-state index is 0.0291. The van der Waals surface area contributed by atoms with Crippen LogP contribution in [0, 0.1) is 5.82 Å². The molecule has 2 amide bonds. The highest BCUT2D eigenvalue weighted by molar-refractivity contribution is 5.88. The normalized spacial score (nSPS) is 12.2. The van der Waals surface area contributed by atoms with Crippen LogP contribution in [0.25, 0.3) is 0 Å². The van der Waals surface area contributed by atoms with Gasteiger partial charge in [-0.05, 0) is 54.2 Å². The van der Waals surface area contributed by atoms with Gasteiger partial charge in [-0.1, -0.05) is 52.0 Å². The topological polar surface area (TPSA) is 58.6 Å². The number of likely N-dealkylation sites (N-methyl/N-ethyl adjacent to an activating group) is 1. The summed E-state index contributed by atoms with van der Waals surface area (Å²) in [4.78, 5) is 27.1. The van der Waals surface area contributed by atoms with E-state index in [1.165, 1.54) is 22.6 Å². The Morgan fingerprint density at radius 1 is 1.03 bits per heavy atom. The van der Waals surface area contributed by atoms with Crippen molar-refractivity contribution in [1.82, 2.24) is 10.2 Å². The highest BCUT2D eigenvalue weighted by Crippen LogP contribution is 2.24. The summed E-state index contributed by atoms with van der Waals surface area (Å²) in [6.07, 6.45) is 0.457. The molecule has 0 aliphatic carbocycles. The van der Waals surface area contributed by atoms with Gasteiger partial charge in [0.05, 0.1) is 0 Å². The van der Waals surface area contributed by atoms with Gasteiger partial charge in [0.2, 0.25) is 5.91 Å². The van der Waals surface area contributed by atoms with Crippen LogP contribution in [0.4, 0.5) is 4.39 Å². The third-order valence-electron chi connectivity index (χ3n) is 5.09. The van der Waals surface area contributed by atoms with E-state index in [1.54, 1.807) is 12.1 Å². The van der Waals surface area contributed by atoms with Crippen molar-refractivity contribution in [2.75, 3.05) is 13.2 Å². The number of amides is 2. The quantitative estimate of drug-likeness (QED) is 0.642. The van der Waals surface area contributed by atoms with Gasteiger partial charge in [0.1, 0.15) is 17.6 Å². The van der Waals surface area contributed by atoms with Gasteiger partial charge in [-0.15, -0.1) is 0 Å². The molecule has 0 aromatic heterocycles. The maximum Gasteiger partial charge on any atom is 0.261 e. The van der Waals surface area contributed by atoms with Gasteiger partial charge in [-0.2, -0.15) is 0 Å². The fourth-order valence-electron chi connectivity index (χ4n) is 3.28. The van der Waals surface area contributed by atoms with Crippen LogP contribution in [0.15, 0.2) is 48.5 Å². The summed E-state index contributed by atoms with van der Waals surface area (Å²) in [7, 11) is 0. The summed E-state index contributed by atoms with van der Waals surface area (Å²) in [5, 5.41) is 2.79. The van der Waals surface area contributed by atoms with Crippen molar-refractivity contribution in [3.63, 3.8) is 0 Å². The van der Waals surface area contributed by atoms with Crippen molar-refractivity contribution in [3.8, 4) is 5.75 Å². The van der Waals surface area contributed by atoms with E-state index in [1.807, 2.05) is 38.1 Å². The van der Waals surface area contributed by atoms with Crippen LogP contribution in [0.5, 0.6) is 5.75 Å². The van der Waals surface area contributed by atoms with Crippen molar-refractivity contribution in [2.24, 2.45) is 0 Å².